The zero-order valence-corrected chi connectivity index (χ0v) is 6.65. The topological polar surface area (TPSA) is 26.0 Å². The molecular weight excluding hydrogens is 110 g/mol. The predicted octanol–water partition coefficient (Wildman–Crippen LogP) is 2.29. The molecule has 2 N–H and O–H groups in total. The number of hydrogen-bond acceptors (Lipinski definition) is 1. The van der Waals surface area contributed by atoms with E-state index in [0.717, 1.165) is 18.0 Å². The van der Waals surface area contributed by atoms with E-state index in [9.17, 15) is 0 Å². The van der Waals surface area contributed by atoms with Crippen LogP contribution >= 0.6 is 0 Å². The number of hydrogen-bond donors (Lipinski definition) is 1. The zero-order valence-electron chi connectivity index (χ0n) is 6.65. The molecule has 0 bridgehead atoms. The van der Waals surface area contributed by atoms with E-state index in [1.807, 2.05) is 13.0 Å². The van der Waals surface area contributed by atoms with Gasteiger partial charge < -0.3 is 5.73 Å². The molecule has 0 spiro atoms. The van der Waals surface area contributed by atoms with Crippen molar-refractivity contribution in [3.05, 3.63) is 11.8 Å². The summed E-state index contributed by atoms with van der Waals surface area (Å²) in [5.74, 6) is 0.737. The normalized spacial score (nSPS) is 15.7. The van der Waals surface area contributed by atoms with Crippen molar-refractivity contribution in [2.24, 2.45) is 11.7 Å². The van der Waals surface area contributed by atoms with Crippen LogP contribution in [-0.4, -0.2) is 0 Å². The van der Waals surface area contributed by atoms with Crippen LogP contribution < -0.4 is 5.73 Å². The van der Waals surface area contributed by atoms with Crippen LogP contribution in [0.4, 0.5) is 0 Å². The third-order valence-corrected chi connectivity index (χ3v) is 1.65. The van der Waals surface area contributed by atoms with E-state index in [1.54, 1.807) is 0 Å². The fraction of sp³-hybridized carbons (Fsp3) is 0.750. The van der Waals surface area contributed by atoms with Gasteiger partial charge in [0.05, 0.1) is 0 Å². The van der Waals surface area contributed by atoms with Crippen LogP contribution in [-0.2, 0) is 0 Å². The molecule has 0 radical (unpaired) electrons. The second kappa shape index (κ2) is 4.42. The lowest BCUT2D eigenvalue weighted by Gasteiger charge is -2.06. The van der Waals surface area contributed by atoms with Crippen LogP contribution in [0, 0.1) is 5.92 Å². The SMILES string of the molecule is C/C=C(/N)CC(C)CC. The van der Waals surface area contributed by atoms with Gasteiger partial charge in [-0.1, -0.05) is 26.3 Å². The highest BCUT2D eigenvalue weighted by Crippen LogP contribution is 2.09. The molecule has 0 rings (SSSR count). The van der Waals surface area contributed by atoms with Gasteiger partial charge >= 0.3 is 0 Å². The van der Waals surface area contributed by atoms with E-state index in [0.29, 0.717) is 0 Å². The molecule has 0 aliphatic heterocycles. The number of nitrogens with two attached hydrogens (primary N) is 1. The monoisotopic (exact) mass is 127 g/mol. The Morgan fingerprint density at radius 1 is 1.67 bits per heavy atom. The summed E-state index contributed by atoms with van der Waals surface area (Å²) < 4.78 is 0. The maximum Gasteiger partial charge on any atom is 0.00398 e. The Hall–Kier alpha value is -0.460. The fourth-order valence-electron chi connectivity index (χ4n) is 0.665. The maximum absolute atomic E-state index is 5.61. The lowest BCUT2D eigenvalue weighted by molar-refractivity contribution is 0.554. The Balaban J connectivity index is 3.47. The number of rotatable bonds is 3. The summed E-state index contributed by atoms with van der Waals surface area (Å²) in [4.78, 5) is 0. The second-order valence-electron chi connectivity index (χ2n) is 2.58. The van der Waals surface area contributed by atoms with Crippen molar-refractivity contribution in [3.8, 4) is 0 Å². The molecule has 54 valence electrons. The van der Waals surface area contributed by atoms with Gasteiger partial charge in [-0.25, -0.2) is 0 Å². The first-order valence-electron chi connectivity index (χ1n) is 3.61. The molecule has 0 fully saturated rings. The minimum absolute atomic E-state index is 0.737. The van der Waals surface area contributed by atoms with E-state index in [-0.39, 0.29) is 0 Å². The fourth-order valence-corrected chi connectivity index (χ4v) is 0.665. The lowest BCUT2D eigenvalue weighted by atomic mass is 10.0. The molecule has 0 aliphatic carbocycles. The molecule has 9 heavy (non-hydrogen) atoms. The van der Waals surface area contributed by atoms with Gasteiger partial charge in [-0.3, -0.25) is 0 Å². The summed E-state index contributed by atoms with van der Waals surface area (Å²) >= 11 is 0. The molecule has 0 aliphatic rings. The van der Waals surface area contributed by atoms with Crippen molar-refractivity contribution < 1.29 is 0 Å². The van der Waals surface area contributed by atoms with Crippen LogP contribution in [0.1, 0.15) is 33.6 Å². The van der Waals surface area contributed by atoms with Gasteiger partial charge in [0.2, 0.25) is 0 Å². The first kappa shape index (κ1) is 8.54. The van der Waals surface area contributed by atoms with Crippen LogP contribution in [0.5, 0.6) is 0 Å². The van der Waals surface area contributed by atoms with Gasteiger partial charge in [0.25, 0.3) is 0 Å². The van der Waals surface area contributed by atoms with Gasteiger partial charge in [-0.05, 0) is 19.3 Å². The van der Waals surface area contributed by atoms with E-state index in [1.165, 1.54) is 6.42 Å². The van der Waals surface area contributed by atoms with E-state index in [4.69, 9.17) is 5.73 Å². The van der Waals surface area contributed by atoms with Gasteiger partial charge in [0.15, 0.2) is 0 Å². The average molecular weight is 127 g/mol. The van der Waals surface area contributed by atoms with Crippen molar-refractivity contribution >= 4 is 0 Å². The molecule has 0 saturated carbocycles. The molecular formula is C8H17N. The van der Waals surface area contributed by atoms with Crippen molar-refractivity contribution in [2.75, 3.05) is 0 Å². The molecule has 0 amide bonds. The molecule has 0 heterocycles. The molecule has 1 nitrogen and oxygen atoms in total. The summed E-state index contributed by atoms with van der Waals surface area (Å²) in [6, 6.07) is 0. The summed E-state index contributed by atoms with van der Waals surface area (Å²) in [6.07, 6.45) is 4.24. The van der Waals surface area contributed by atoms with Gasteiger partial charge in [-0.15, -0.1) is 0 Å². The van der Waals surface area contributed by atoms with Crippen molar-refractivity contribution in [1.82, 2.24) is 0 Å². The predicted molar refractivity (Wildman–Crippen MR) is 42.0 cm³/mol. The van der Waals surface area contributed by atoms with E-state index < -0.39 is 0 Å². The Labute approximate surface area is 57.9 Å². The van der Waals surface area contributed by atoms with Gasteiger partial charge in [0.1, 0.15) is 0 Å². The molecule has 1 heteroatoms. The smallest absolute Gasteiger partial charge is 0.00398 e. The maximum atomic E-state index is 5.61. The minimum Gasteiger partial charge on any atom is -0.402 e. The Morgan fingerprint density at radius 2 is 2.22 bits per heavy atom. The highest BCUT2D eigenvalue weighted by atomic mass is 14.6. The Kier molecular flexibility index (Phi) is 4.20. The summed E-state index contributed by atoms with van der Waals surface area (Å²) in [5, 5.41) is 0. The Morgan fingerprint density at radius 3 is 2.56 bits per heavy atom. The van der Waals surface area contributed by atoms with Gasteiger partial charge in [0, 0.05) is 5.70 Å². The minimum atomic E-state index is 0.737. The van der Waals surface area contributed by atoms with Crippen LogP contribution in [0.2, 0.25) is 0 Å². The lowest BCUT2D eigenvalue weighted by Crippen LogP contribution is -2.02. The standard InChI is InChI=1S/C8H17N/c1-4-7(3)6-8(9)5-2/h5,7H,4,6,9H2,1-3H3/b8-5+. The van der Waals surface area contributed by atoms with Crippen molar-refractivity contribution in [2.45, 2.75) is 33.6 Å². The van der Waals surface area contributed by atoms with Crippen LogP contribution in [0.25, 0.3) is 0 Å². The molecule has 0 saturated heterocycles. The molecule has 0 aromatic rings. The van der Waals surface area contributed by atoms with Crippen molar-refractivity contribution in [3.63, 3.8) is 0 Å². The van der Waals surface area contributed by atoms with Crippen LogP contribution in [0.15, 0.2) is 11.8 Å². The summed E-state index contributed by atoms with van der Waals surface area (Å²) in [5.41, 5.74) is 6.63. The summed E-state index contributed by atoms with van der Waals surface area (Å²) in [7, 11) is 0. The highest BCUT2D eigenvalue weighted by molar-refractivity contribution is 4.94. The second-order valence-corrected chi connectivity index (χ2v) is 2.58. The van der Waals surface area contributed by atoms with Gasteiger partial charge in [-0.2, -0.15) is 0 Å². The first-order chi connectivity index (χ1) is 4.20. The highest BCUT2D eigenvalue weighted by Gasteiger charge is 1.97. The molecule has 0 aromatic carbocycles. The molecule has 1 atom stereocenters. The first-order valence-corrected chi connectivity index (χ1v) is 3.61. The van der Waals surface area contributed by atoms with Crippen molar-refractivity contribution in [1.29, 1.82) is 0 Å². The van der Waals surface area contributed by atoms with E-state index >= 15 is 0 Å². The quantitative estimate of drug-likeness (QED) is 0.618. The third kappa shape index (κ3) is 4.07. The zero-order chi connectivity index (χ0) is 7.28. The number of allylic oxidation sites excluding steroid dienone is 2. The van der Waals surface area contributed by atoms with Crippen LogP contribution in [0.3, 0.4) is 0 Å². The largest absolute Gasteiger partial charge is 0.402 e. The molecule has 1 unspecified atom stereocenters. The summed E-state index contributed by atoms with van der Waals surface area (Å²) in [6.45, 7) is 6.39. The Bertz CT molecular complexity index is 94.7. The molecule has 0 aromatic heterocycles. The van der Waals surface area contributed by atoms with E-state index in [2.05, 4.69) is 13.8 Å². The third-order valence-electron chi connectivity index (χ3n) is 1.65. The average Bonchev–Trinajstić information content (AvgIpc) is 1.87.